The van der Waals surface area contributed by atoms with Crippen molar-refractivity contribution in [3.8, 4) is 0 Å². The Labute approximate surface area is 212 Å². The number of fused-ring (bicyclic) bond motifs is 2. The van der Waals surface area contributed by atoms with Gasteiger partial charge in [-0.2, -0.15) is 10.2 Å². The quantitative estimate of drug-likeness (QED) is 0.148. The minimum absolute atomic E-state index is 0.459. The number of rotatable bonds is 0. The van der Waals surface area contributed by atoms with Gasteiger partial charge in [-0.3, -0.25) is 0 Å². The summed E-state index contributed by atoms with van der Waals surface area (Å²) in [6.07, 6.45) is 1.83. The van der Waals surface area contributed by atoms with E-state index in [0.717, 1.165) is 27.3 Å². The number of hydrogen-bond donors (Lipinski definition) is 1. The molecule has 0 saturated carbocycles. The Morgan fingerprint density at radius 1 is 1.00 bits per heavy atom. The molecule has 4 rings (SSSR count). The average Bonchev–Trinajstić information content (AvgIpc) is 3.15. The number of thiol groups is 1. The van der Waals surface area contributed by atoms with Gasteiger partial charge < -0.3 is 0 Å². The van der Waals surface area contributed by atoms with Crippen molar-refractivity contribution in [2.45, 2.75) is 18.1 Å². The van der Waals surface area contributed by atoms with Crippen molar-refractivity contribution in [3.05, 3.63) is 56.8 Å². The molecular formula is C15H13BBrCl5N7S. The van der Waals surface area contributed by atoms with Crippen molar-refractivity contribution in [1.82, 2.24) is 29.2 Å². The molecule has 1 radical (unpaired) electrons. The summed E-state index contributed by atoms with van der Waals surface area (Å²) in [6.45, 7) is 3.83. The van der Waals surface area contributed by atoms with Crippen molar-refractivity contribution < 1.29 is 0 Å². The number of aryl methyl sites for hydroxylation is 2. The van der Waals surface area contributed by atoms with Crippen molar-refractivity contribution in [1.29, 1.82) is 0 Å². The Bertz CT molecular complexity index is 1110. The third-order valence-electron chi connectivity index (χ3n) is 2.96. The van der Waals surface area contributed by atoms with Crippen molar-refractivity contribution >= 4 is 106 Å². The molecule has 0 saturated heterocycles. The van der Waals surface area contributed by atoms with Crippen LogP contribution in [0.5, 0.6) is 0 Å². The van der Waals surface area contributed by atoms with E-state index in [4.69, 9.17) is 58.0 Å². The second kappa shape index (κ2) is 13.7. The second-order valence-electron chi connectivity index (χ2n) is 5.12. The van der Waals surface area contributed by atoms with E-state index in [-0.39, 0.29) is 0 Å². The number of alkyl halides is 3. The van der Waals surface area contributed by atoms with E-state index in [1.807, 2.05) is 32.2 Å². The maximum atomic E-state index is 5.72. The monoisotopic (exact) mass is 588 g/mol. The summed E-state index contributed by atoms with van der Waals surface area (Å²) in [4.78, 5) is 8.44. The molecule has 0 amide bonds. The van der Waals surface area contributed by atoms with Crippen molar-refractivity contribution in [3.63, 3.8) is 0 Å². The Morgan fingerprint density at radius 2 is 1.50 bits per heavy atom. The molecule has 4 heterocycles. The van der Waals surface area contributed by atoms with E-state index in [2.05, 4.69) is 60.8 Å². The van der Waals surface area contributed by atoms with Crippen molar-refractivity contribution in [2.75, 3.05) is 0 Å². The van der Waals surface area contributed by atoms with E-state index in [9.17, 15) is 0 Å². The molecule has 0 spiro atoms. The summed E-state index contributed by atoms with van der Waals surface area (Å²) in [5.41, 5.74) is 3.47. The molecule has 0 unspecified atom stereocenters. The van der Waals surface area contributed by atoms with Gasteiger partial charge in [0.15, 0.2) is 15.6 Å². The molecular weight excluding hydrogens is 578 g/mol. The van der Waals surface area contributed by atoms with Crippen LogP contribution in [-0.2, 0) is 0 Å². The molecule has 159 valence electrons. The number of halogens is 6. The van der Waals surface area contributed by atoms with E-state index < -0.39 is 4.30 Å². The average molecular weight is 591 g/mol. The third-order valence-corrected chi connectivity index (χ3v) is 4.27. The van der Waals surface area contributed by atoms with Crippen LogP contribution in [0.3, 0.4) is 0 Å². The fraction of sp³-hybridized carbons (Fsp3) is 0.200. The number of nitrogens with zero attached hydrogens (tertiary/aromatic N) is 7. The molecule has 15 heteroatoms. The van der Waals surface area contributed by atoms with Gasteiger partial charge in [0, 0.05) is 0 Å². The zero-order valence-electron chi connectivity index (χ0n) is 15.4. The first-order valence-corrected chi connectivity index (χ1v) is 11.0. The Balaban J connectivity index is 0.000000231. The molecule has 0 aromatic carbocycles. The van der Waals surface area contributed by atoms with E-state index >= 15 is 0 Å². The van der Waals surface area contributed by atoms with Crippen LogP contribution in [-0.4, -0.2) is 41.1 Å². The first-order valence-electron chi connectivity index (χ1n) is 7.71. The number of hydrogen-bond acceptors (Lipinski definition) is 6. The Hall–Kier alpha value is -0.615. The minimum atomic E-state index is -0.750. The fourth-order valence-electron chi connectivity index (χ4n) is 1.97. The predicted octanol–water partition coefficient (Wildman–Crippen LogP) is 6.31. The molecule has 0 aliphatic heterocycles. The SMILES string of the molecule is Cc1cn2nc(Cl)ccc2n1.Cc1nc2ccc(Cl)nn2c1Br.ClC(Cl)Cl.[B]=NS. The molecule has 4 aromatic rings. The molecule has 30 heavy (non-hydrogen) atoms. The van der Waals surface area contributed by atoms with Gasteiger partial charge in [-0.05, 0) is 54.0 Å². The van der Waals surface area contributed by atoms with Gasteiger partial charge in [-0.15, -0.1) is 0 Å². The van der Waals surface area contributed by atoms with Gasteiger partial charge >= 0.3 is 24.8 Å². The summed E-state index contributed by atoms with van der Waals surface area (Å²) >= 11 is 32.4. The predicted molar refractivity (Wildman–Crippen MR) is 132 cm³/mol. The van der Waals surface area contributed by atoms with Crippen LogP contribution in [0.4, 0.5) is 0 Å². The fourth-order valence-corrected chi connectivity index (χ4v) is 2.60. The van der Waals surface area contributed by atoms with Gasteiger partial charge in [-0.25, -0.2) is 19.0 Å². The van der Waals surface area contributed by atoms with E-state index in [0.29, 0.717) is 10.3 Å². The van der Waals surface area contributed by atoms with Crippen LogP contribution >= 0.6 is 86.7 Å². The van der Waals surface area contributed by atoms with Crippen LogP contribution in [0.1, 0.15) is 11.4 Å². The second-order valence-corrected chi connectivity index (χ2v) is 8.85. The standard InChI is InChI=1S/C7H5BrClN3.C7H6ClN3.CHCl3.BHNS/c1-4-7(8)12-6(10-4)3-2-5(9)11-12;1-5-4-11-7(9-5)3-2-6(8)10-11;2-1(3)4;1-2-3/h2-3H,1H3;2-4H,1H3;1H;3H. The summed E-state index contributed by atoms with van der Waals surface area (Å²) in [5, 5.41) is 9.03. The molecule has 0 bridgehead atoms. The molecule has 0 fully saturated rings. The summed E-state index contributed by atoms with van der Waals surface area (Å²) in [5.74, 6) is 0. The van der Waals surface area contributed by atoms with Crippen molar-refractivity contribution in [2.24, 2.45) is 4.30 Å². The topological polar surface area (TPSA) is 72.7 Å². The Morgan fingerprint density at radius 3 is 2.07 bits per heavy atom. The maximum absolute atomic E-state index is 5.72. The van der Waals surface area contributed by atoms with Crippen LogP contribution in [0, 0.1) is 13.8 Å². The third kappa shape index (κ3) is 9.26. The molecule has 0 N–H and O–H groups in total. The first-order chi connectivity index (χ1) is 14.1. The molecule has 4 aromatic heterocycles. The Kier molecular flexibility index (Phi) is 12.5. The number of imidazole rings is 2. The molecule has 0 aliphatic rings. The van der Waals surface area contributed by atoms with E-state index in [1.165, 1.54) is 0 Å². The summed E-state index contributed by atoms with van der Waals surface area (Å²) in [7, 11) is 4.34. The van der Waals surface area contributed by atoms with Gasteiger partial charge in [0.1, 0.15) is 14.9 Å². The zero-order chi connectivity index (χ0) is 22.8. The summed E-state index contributed by atoms with van der Waals surface area (Å²) in [6, 6.07) is 7.11. The first kappa shape index (κ1) is 27.4. The zero-order valence-corrected chi connectivity index (χ0v) is 21.6. The van der Waals surface area contributed by atoms with Gasteiger partial charge in [0.25, 0.3) is 0 Å². The van der Waals surface area contributed by atoms with Gasteiger partial charge in [-0.1, -0.05) is 58.0 Å². The normalized spacial score (nSPS) is 9.90. The van der Waals surface area contributed by atoms with Crippen LogP contribution in [0.15, 0.2) is 39.4 Å². The van der Waals surface area contributed by atoms with Crippen LogP contribution < -0.4 is 0 Å². The molecule has 0 aliphatic carbocycles. The molecule has 0 atom stereocenters. The van der Waals surface area contributed by atoms with Gasteiger partial charge in [0.2, 0.25) is 0 Å². The van der Waals surface area contributed by atoms with E-state index in [1.54, 1.807) is 21.2 Å². The summed E-state index contributed by atoms with van der Waals surface area (Å²) < 4.78 is 6.12. The van der Waals surface area contributed by atoms with Crippen LogP contribution in [0.2, 0.25) is 10.3 Å². The van der Waals surface area contributed by atoms with Gasteiger partial charge in [0.05, 0.1) is 17.6 Å². The molecule has 7 nitrogen and oxygen atoms in total. The number of aromatic nitrogens is 6. The van der Waals surface area contributed by atoms with Crippen LogP contribution in [0.25, 0.3) is 11.3 Å².